The summed E-state index contributed by atoms with van der Waals surface area (Å²) >= 11 is 0. The highest BCUT2D eigenvalue weighted by atomic mass is 16.5. The van der Waals surface area contributed by atoms with Gasteiger partial charge in [0, 0.05) is 0 Å². The number of hydrogen-bond acceptors (Lipinski definition) is 3. The Hall–Kier alpha value is -2.13. The van der Waals surface area contributed by atoms with Gasteiger partial charge in [0.1, 0.15) is 6.10 Å². The first-order valence-electron chi connectivity index (χ1n) is 6.09. The number of ether oxygens (including phenoxy) is 1. The second kappa shape index (κ2) is 6.16. The molecule has 1 unspecified atom stereocenters. The lowest BCUT2D eigenvalue weighted by Crippen LogP contribution is -2.06. The topological polar surface area (TPSA) is 46.5 Å². The van der Waals surface area contributed by atoms with Crippen molar-refractivity contribution in [2.75, 3.05) is 7.11 Å². The molecule has 19 heavy (non-hydrogen) atoms. The number of hydrogen-bond donors (Lipinski definition) is 1. The van der Waals surface area contributed by atoms with Gasteiger partial charge >= 0.3 is 5.97 Å². The number of carbonyl (C=O) groups excluding carboxylic acids is 1. The monoisotopic (exact) mass is 256 g/mol. The van der Waals surface area contributed by atoms with Gasteiger partial charge < -0.3 is 9.84 Å². The predicted molar refractivity (Wildman–Crippen MR) is 72.7 cm³/mol. The summed E-state index contributed by atoms with van der Waals surface area (Å²) in [7, 11) is 1.37. The van der Waals surface area contributed by atoms with E-state index in [9.17, 15) is 9.90 Å². The van der Waals surface area contributed by atoms with Crippen LogP contribution >= 0.6 is 0 Å². The molecule has 98 valence electrons. The molecule has 0 radical (unpaired) electrons. The van der Waals surface area contributed by atoms with Crippen LogP contribution in [0.1, 0.15) is 22.8 Å². The normalized spacial score (nSPS) is 11.9. The highest BCUT2D eigenvalue weighted by Crippen LogP contribution is 2.22. The molecule has 0 spiro atoms. The molecule has 0 saturated carbocycles. The first kappa shape index (κ1) is 13.3. The van der Waals surface area contributed by atoms with Gasteiger partial charge in [0.2, 0.25) is 0 Å². The molecular formula is C16H16O3. The van der Waals surface area contributed by atoms with Crippen LogP contribution in [0.5, 0.6) is 0 Å². The van der Waals surface area contributed by atoms with E-state index in [0.717, 1.165) is 16.7 Å². The molecule has 0 aromatic heterocycles. The number of rotatable bonds is 4. The number of methoxy groups -OCH3 is 1. The molecule has 3 nitrogen and oxygen atoms in total. The molecule has 0 fully saturated rings. The molecule has 0 aliphatic rings. The molecule has 0 aliphatic heterocycles. The molecule has 1 atom stereocenters. The van der Waals surface area contributed by atoms with E-state index in [0.29, 0.717) is 0 Å². The van der Waals surface area contributed by atoms with Crippen LogP contribution in [-0.4, -0.2) is 18.2 Å². The molecule has 0 heterocycles. The standard InChI is InChI=1S/C16H16O3/c1-19-15(17)11-12-6-5-9-14(10-12)16(18)13-7-3-2-4-8-13/h2-10,16,18H,11H2,1H3. The molecule has 0 saturated heterocycles. The summed E-state index contributed by atoms with van der Waals surface area (Å²) in [5, 5.41) is 10.3. The molecule has 2 aromatic carbocycles. The fourth-order valence-electron chi connectivity index (χ4n) is 1.94. The second-order valence-electron chi connectivity index (χ2n) is 4.31. The Bertz CT molecular complexity index is 549. The Labute approximate surface area is 112 Å². The Morgan fingerprint density at radius 1 is 1.11 bits per heavy atom. The quantitative estimate of drug-likeness (QED) is 0.855. The fourth-order valence-corrected chi connectivity index (χ4v) is 1.94. The van der Waals surface area contributed by atoms with E-state index < -0.39 is 6.10 Å². The van der Waals surface area contributed by atoms with Gasteiger partial charge in [0.05, 0.1) is 13.5 Å². The first-order chi connectivity index (χ1) is 9.20. The van der Waals surface area contributed by atoms with Crippen LogP contribution in [0.4, 0.5) is 0 Å². The summed E-state index contributed by atoms with van der Waals surface area (Å²) in [6.07, 6.45) is -0.468. The summed E-state index contributed by atoms with van der Waals surface area (Å²) in [5.41, 5.74) is 2.43. The maximum Gasteiger partial charge on any atom is 0.309 e. The SMILES string of the molecule is COC(=O)Cc1cccc(C(O)c2ccccc2)c1. The Morgan fingerprint density at radius 3 is 2.47 bits per heavy atom. The van der Waals surface area contributed by atoms with Crippen LogP contribution < -0.4 is 0 Å². The van der Waals surface area contributed by atoms with Crippen LogP contribution in [0.2, 0.25) is 0 Å². The van der Waals surface area contributed by atoms with Crippen molar-refractivity contribution in [1.82, 2.24) is 0 Å². The average molecular weight is 256 g/mol. The lowest BCUT2D eigenvalue weighted by Gasteiger charge is -2.12. The first-order valence-corrected chi connectivity index (χ1v) is 6.09. The Morgan fingerprint density at radius 2 is 1.79 bits per heavy atom. The fraction of sp³-hybridized carbons (Fsp3) is 0.188. The lowest BCUT2D eigenvalue weighted by atomic mass is 9.99. The zero-order chi connectivity index (χ0) is 13.7. The largest absolute Gasteiger partial charge is 0.469 e. The molecule has 2 rings (SSSR count). The highest BCUT2D eigenvalue weighted by molar-refractivity contribution is 5.72. The summed E-state index contributed by atoms with van der Waals surface area (Å²) in [6, 6.07) is 16.8. The number of aliphatic hydroxyl groups excluding tert-OH is 1. The van der Waals surface area contributed by atoms with Crippen LogP contribution in [0.25, 0.3) is 0 Å². The number of carbonyl (C=O) groups is 1. The van der Waals surface area contributed by atoms with Gasteiger partial charge in [-0.2, -0.15) is 0 Å². The van der Waals surface area contributed by atoms with Gasteiger partial charge in [0.15, 0.2) is 0 Å². The maximum absolute atomic E-state index is 11.2. The van der Waals surface area contributed by atoms with Gasteiger partial charge in [0.25, 0.3) is 0 Å². The summed E-state index contributed by atoms with van der Waals surface area (Å²) in [5.74, 6) is -0.286. The van der Waals surface area contributed by atoms with Crippen LogP contribution in [0.15, 0.2) is 54.6 Å². The van der Waals surface area contributed by atoms with E-state index in [2.05, 4.69) is 4.74 Å². The lowest BCUT2D eigenvalue weighted by molar-refractivity contribution is -0.139. The zero-order valence-electron chi connectivity index (χ0n) is 10.7. The minimum absolute atomic E-state index is 0.214. The molecule has 3 heteroatoms. The van der Waals surface area contributed by atoms with Crippen LogP contribution in [0, 0.1) is 0 Å². The molecular weight excluding hydrogens is 240 g/mol. The minimum Gasteiger partial charge on any atom is -0.469 e. The van der Waals surface area contributed by atoms with E-state index in [-0.39, 0.29) is 12.4 Å². The van der Waals surface area contributed by atoms with Gasteiger partial charge in [-0.25, -0.2) is 0 Å². The van der Waals surface area contributed by atoms with Gasteiger partial charge in [-0.1, -0.05) is 54.6 Å². The third kappa shape index (κ3) is 3.42. The Balaban J connectivity index is 2.21. The van der Waals surface area contributed by atoms with Crippen molar-refractivity contribution in [3.63, 3.8) is 0 Å². The number of benzene rings is 2. The number of esters is 1. The minimum atomic E-state index is -0.682. The number of aliphatic hydroxyl groups is 1. The van der Waals surface area contributed by atoms with Crippen molar-refractivity contribution in [3.05, 3.63) is 71.3 Å². The summed E-state index contributed by atoms with van der Waals surface area (Å²) < 4.78 is 4.64. The average Bonchev–Trinajstić information content (AvgIpc) is 2.47. The van der Waals surface area contributed by atoms with Crippen LogP contribution in [-0.2, 0) is 16.0 Å². The molecule has 0 amide bonds. The molecule has 0 aliphatic carbocycles. The smallest absolute Gasteiger partial charge is 0.309 e. The van der Waals surface area contributed by atoms with Crippen molar-refractivity contribution in [2.24, 2.45) is 0 Å². The maximum atomic E-state index is 11.2. The predicted octanol–water partition coefficient (Wildman–Crippen LogP) is 2.48. The highest BCUT2D eigenvalue weighted by Gasteiger charge is 2.11. The second-order valence-corrected chi connectivity index (χ2v) is 4.31. The van der Waals surface area contributed by atoms with E-state index in [4.69, 9.17) is 0 Å². The van der Waals surface area contributed by atoms with E-state index in [1.165, 1.54) is 7.11 Å². The molecule has 1 N–H and O–H groups in total. The Kier molecular flexibility index (Phi) is 4.31. The summed E-state index contributed by atoms with van der Waals surface area (Å²) in [4.78, 5) is 11.2. The molecule has 0 bridgehead atoms. The summed E-state index contributed by atoms with van der Waals surface area (Å²) in [6.45, 7) is 0. The van der Waals surface area contributed by atoms with Crippen LogP contribution in [0.3, 0.4) is 0 Å². The van der Waals surface area contributed by atoms with Crippen molar-refractivity contribution in [2.45, 2.75) is 12.5 Å². The van der Waals surface area contributed by atoms with Crippen molar-refractivity contribution >= 4 is 5.97 Å². The third-order valence-corrected chi connectivity index (χ3v) is 2.96. The van der Waals surface area contributed by atoms with E-state index in [1.54, 1.807) is 0 Å². The molecule has 2 aromatic rings. The third-order valence-electron chi connectivity index (χ3n) is 2.96. The van der Waals surface area contributed by atoms with E-state index in [1.807, 2.05) is 54.6 Å². The van der Waals surface area contributed by atoms with Crippen molar-refractivity contribution in [3.8, 4) is 0 Å². The van der Waals surface area contributed by atoms with Gasteiger partial charge in [-0.3, -0.25) is 4.79 Å². The van der Waals surface area contributed by atoms with E-state index >= 15 is 0 Å². The van der Waals surface area contributed by atoms with Crippen molar-refractivity contribution in [1.29, 1.82) is 0 Å². The van der Waals surface area contributed by atoms with Gasteiger partial charge in [-0.15, -0.1) is 0 Å². The zero-order valence-corrected chi connectivity index (χ0v) is 10.7. The van der Waals surface area contributed by atoms with Crippen molar-refractivity contribution < 1.29 is 14.6 Å². The van der Waals surface area contributed by atoms with Gasteiger partial charge in [-0.05, 0) is 16.7 Å².